The fraction of sp³-hybridized carbons (Fsp3) is 0.333. The number of amides is 1. The number of nitrogens with one attached hydrogen (secondary N) is 4. The van der Waals surface area contributed by atoms with Crippen molar-refractivity contribution in [1.82, 2.24) is 30.9 Å². The number of anilines is 2. The van der Waals surface area contributed by atoms with Crippen LogP contribution in [-0.4, -0.2) is 57.8 Å². The normalized spacial score (nSPS) is 14.8. The van der Waals surface area contributed by atoms with Crippen molar-refractivity contribution in [3.8, 4) is 28.4 Å². The lowest BCUT2D eigenvalue weighted by Crippen LogP contribution is -2.35. The van der Waals surface area contributed by atoms with Crippen molar-refractivity contribution in [3.63, 3.8) is 0 Å². The Labute approximate surface area is 277 Å². The van der Waals surface area contributed by atoms with Crippen LogP contribution in [0.5, 0.6) is 5.88 Å². The zero-order valence-electron chi connectivity index (χ0n) is 25.8. The Morgan fingerprint density at radius 2 is 1.80 bits per heavy atom. The van der Waals surface area contributed by atoms with Crippen LogP contribution in [0.2, 0.25) is 10.0 Å². The first kappa shape index (κ1) is 33.5. The van der Waals surface area contributed by atoms with E-state index in [1.165, 1.54) is 6.20 Å². The van der Waals surface area contributed by atoms with E-state index in [-0.39, 0.29) is 29.3 Å². The summed E-state index contributed by atoms with van der Waals surface area (Å²) in [5, 5.41) is 22.9. The first-order valence-electron chi connectivity index (χ1n) is 14.9. The van der Waals surface area contributed by atoms with Gasteiger partial charge in [-0.15, -0.1) is 0 Å². The highest BCUT2D eigenvalue weighted by molar-refractivity contribution is 6.39. The molecule has 46 heavy (non-hydrogen) atoms. The van der Waals surface area contributed by atoms with E-state index in [4.69, 9.17) is 32.9 Å². The Morgan fingerprint density at radius 3 is 2.54 bits per heavy atom. The summed E-state index contributed by atoms with van der Waals surface area (Å²) in [5.74, 6) is 0.00563. The summed E-state index contributed by atoms with van der Waals surface area (Å²) in [7, 11) is 1.56. The van der Waals surface area contributed by atoms with Gasteiger partial charge < -0.3 is 31.1 Å². The number of aromatic nitrogens is 3. The van der Waals surface area contributed by atoms with Crippen LogP contribution in [0.25, 0.3) is 22.5 Å². The second-order valence-corrected chi connectivity index (χ2v) is 12.4. The first-order chi connectivity index (χ1) is 22.0. The SMILES string of the molecule is COc1nc(-c2ccnc(-c3cccc(Nc4nccc(CNCC(C)(C)O)c4F)c3Cl)c2Cl)ccc1CNCC1CCC(=O)N1. The van der Waals surface area contributed by atoms with Crippen LogP contribution in [0, 0.1) is 5.82 Å². The summed E-state index contributed by atoms with van der Waals surface area (Å²) in [6.07, 6.45) is 4.50. The van der Waals surface area contributed by atoms with Gasteiger partial charge in [-0.25, -0.2) is 14.4 Å². The van der Waals surface area contributed by atoms with E-state index in [2.05, 4.69) is 31.2 Å². The maximum atomic E-state index is 15.3. The summed E-state index contributed by atoms with van der Waals surface area (Å²) in [5.41, 5.74) is 2.92. The Kier molecular flexibility index (Phi) is 10.7. The van der Waals surface area contributed by atoms with Crippen LogP contribution in [0.15, 0.2) is 54.9 Å². The number of aliphatic hydroxyl groups is 1. The van der Waals surface area contributed by atoms with E-state index >= 15 is 4.39 Å². The fourth-order valence-corrected chi connectivity index (χ4v) is 5.69. The van der Waals surface area contributed by atoms with Crippen molar-refractivity contribution in [1.29, 1.82) is 0 Å². The summed E-state index contributed by atoms with van der Waals surface area (Å²) < 4.78 is 20.9. The van der Waals surface area contributed by atoms with Gasteiger partial charge in [-0.2, -0.15) is 0 Å². The Bertz CT molecular complexity index is 1720. The third kappa shape index (κ3) is 8.09. The summed E-state index contributed by atoms with van der Waals surface area (Å²) >= 11 is 13.8. The topological polar surface area (TPSA) is 133 Å². The van der Waals surface area contributed by atoms with Crippen LogP contribution in [0.4, 0.5) is 15.9 Å². The van der Waals surface area contributed by atoms with E-state index in [0.29, 0.717) is 70.7 Å². The number of carbonyl (C=O) groups excluding carboxylic acids is 1. The van der Waals surface area contributed by atoms with Gasteiger partial charge in [0, 0.05) is 73.3 Å². The first-order valence-corrected chi connectivity index (χ1v) is 15.6. The molecule has 13 heteroatoms. The number of carbonyl (C=O) groups is 1. The van der Waals surface area contributed by atoms with Crippen LogP contribution >= 0.6 is 23.2 Å². The number of halogens is 3. The van der Waals surface area contributed by atoms with E-state index in [0.717, 1.165) is 12.0 Å². The molecule has 1 aliphatic heterocycles. The van der Waals surface area contributed by atoms with Gasteiger partial charge in [-0.05, 0) is 44.5 Å². The maximum absolute atomic E-state index is 15.3. The number of rotatable bonds is 13. The minimum atomic E-state index is -0.926. The van der Waals surface area contributed by atoms with Crippen molar-refractivity contribution in [2.75, 3.05) is 25.5 Å². The second-order valence-electron chi connectivity index (χ2n) is 11.7. The molecule has 5 rings (SSSR count). The van der Waals surface area contributed by atoms with Crippen LogP contribution < -0.4 is 26.0 Å². The molecule has 0 saturated carbocycles. The number of methoxy groups -OCH3 is 1. The lowest BCUT2D eigenvalue weighted by molar-refractivity contribution is -0.119. The zero-order chi connectivity index (χ0) is 32.8. The van der Waals surface area contributed by atoms with Crippen molar-refractivity contribution < 1.29 is 19.0 Å². The Morgan fingerprint density at radius 1 is 1.02 bits per heavy atom. The highest BCUT2D eigenvalue weighted by Gasteiger charge is 2.21. The average Bonchev–Trinajstić information content (AvgIpc) is 3.44. The Balaban J connectivity index is 1.35. The molecule has 0 spiro atoms. The molecule has 1 saturated heterocycles. The number of nitrogens with zero attached hydrogens (tertiary/aromatic N) is 3. The van der Waals surface area contributed by atoms with Crippen LogP contribution in [0.1, 0.15) is 37.8 Å². The highest BCUT2D eigenvalue weighted by Crippen LogP contribution is 2.41. The van der Waals surface area contributed by atoms with E-state index < -0.39 is 11.4 Å². The molecule has 1 atom stereocenters. The maximum Gasteiger partial charge on any atom is 0.220 e. The number of benzene rings is 1. The van der Waals surface area contributed by atoms with Crippen LogP contribution in [0.3, 0.4) is 0 Å². The third-order valence-electron chi connectivity index (χ3n) is 7.44. The predicted octanol–water partition coefficient (Wildman–Crippen LogP) is 5.63. The molecule has 4 aromatic rings. The molecule has 1 aliphatic rings. The van der Waals surface area contributed by atoms with Crippen molar-refractivity contribution in [2.45, 2.75) is 51.4 Å². The van der Waals surface area contributed by atoms with Gasteiger partial charge in [0.25, 0.3) is 0 Å². The van der Waals surface area contributed by atoms with Crippen molar-refractivity contribution in [2.24, 2.45) is 0 Å². The summed E-state index contributed by atoms with van der Waals surface area (Å²) in [4.78, 5) is 24.9. The monoisotopic (exact) mass is 667 g/mol. The molecule has 0 radical (unpaired) electrons. The molecular weight excluding hydrogens is 632 g/mol. The predicted molar refractivity (Wildman–Crippen MR) is 178 cm³/mol. The van der Waals surface area contributed by atoms with E-state index in [1.807, 2.05) is 12.1 Å². The smallest absolute Gasteiger partial charge is 0.220 e. The fourth-order valence-electron chi connectivity index (χ4n) is 5.12. The molecule has 4 heterocycles. The van der Waals surface area contributed by atoms with Gasteiger partial charge in [0.1, 0.15) is 0 Å². The summed E-state index contributed by atoms with van der Waals surface area (Å²) in [6, 6.07) is 12.5. The molecular formula is C33H36Cl2FN7O3. The third-order valence-corrected chi connectivity index (χ3v) is 8.23. The lowest BCUT2D eigenvalue weighted by atomic mass is 10.1. The quantitative estimate of drug-likeness (QED) is 0.123. The number of pyridine rings is 3. The lowest BCUT2D eigenvalue weighted by Gasteiger charge is -2.18. The number of hydrogen-bond donors (Lipinski definition) is 5. The zero-order valence-corrected chi connectivity index (χ0v) is 27.3. The molecule has 0 bridgehead atoms. The molecule has 1 amide bonds. The van der Waals surface area contributed by atoms with E-state index in [9.17, 15) is 9.90 Å². The molecule has 1 fully saturated rings. The molecule has 0 aliphatic carbocycles. The minimum absolute atomic E-state index is 0.00767. The minimum Gasteiger partial charge on any atom is -0.481 e. The molecule has 5 N–H and O–H groups in total. The van der Waals surface area contributed by atoms with Gasteiger partial charge in [0.2, 0.25) is 11.8 Å². The van der Waals surface area contributed by atoms with E-state index in [1.54, 1.807) is 57.5 Å². The van der Waals surface area contributed by atoms with Crippen LogP contribution in [-0.2, 0) is 17.9 Å². The van der Waals surface area contributed by atoms with Crippen molar-refractivity contribution >= 4 is 40.6 Å². The highest BCUT2D eigenvalue weighted by atomic mass is 35.5. The molecule has 242 valence electrons. The van der Waals surface area contributed by atoms with Crippen molar-refractivity contribution in [3.05, 3.63) is 81.8 Å². The largest absolute Gasteiger partial charge is 0.481 e. The molecule has 1 aromatic carbocycles. The van der Waals surface area contributed by atoms with Gasteiger partial charge in [0.05, 0.1) is 39.8 Å². The molecule has 10 nitrogen and oxygen atoms in total. The molecule has 1 unspecified atom stereocenters. The van der Waals surface area contributed by atoms with Gasteiger partial charge in [-0.1, -0.05) is 41.4 Å². The number of ether oxygens (including phenoxy) is 1. The van der Waals surface area contributed by atoms with Gasteiger partial charge >= 0.3 is 0 Å². The molecule has 3 aromatic heterocycles. The average molecular weight is 669 g/mol. The standard InChI is InChI=1S/C33H36Cl2FN7O3/c1-33(2,45)18-38-15-19-11-13-40-31(29(19)36)42-25-6-4-5-23(27(25)34)30-28(35)22(12-14-39-30)24-9-7-20(32(43-24)46-3)16-37-17-21-8-10-26(44)41-21/h4-7,9,11-14,21,37-38,45H,8,10,15-18H2,1-3H3,(H,40,42)(H,41,44). The number of hydrogen-bond acceptors (Lipinski definition) is 9. The van der Waals surface area contributed by atoms with Gasteiger partial charge in [-0.3, -0.25) is 9.78 Å². The van der Waals surface area contributed by atoms with Gasteiger partial charge in [0.15, 0.2) is 11.6 Å². The summed E-state index contributed by atoms with van der Waals surface area (Å²) in [6.45, 7) is 5.02. The Hall–Kier alpha value is -3.87. The second kappa shape index (κ2) is 14.7.